The van der Waals surface area contributed by atoms with E-state index in [1.54, 1.807) is 0 Å². The molecule has 16 heavy (non-hydrogen) atoms. The first kappa shape index (κ1) is 17.8. The van der Waals surface area contributed by atoms with E-state index in [1.807, 2.05) is 4.94 Å². The van der Waals surface area contributed by atoms with Gasteiger partial charge >= 0.3 is 44.1 Å². The van der Waals surface area contributed by atoms with Crippen molar-refractivity contribution in [3.8, 4) is 0 Å². The Bertz CT molecular complexity index is 261. The quantitative estimate of drug-likeness (QED) is 0.445. The zero-order valence-corrected chi connectivity index (χ0v) is 12.8. The summed E-state index contributed by atoms with van der Waals surface area (Å²) < 4.78 is 71.2. The summed E-state index contributed by atoms with van der Waals surface area (Å²) in [5, 5.41) is 0. The van der Waals surface area contributed by atoms with Crippen LogP contribution in [0.4, 0.5) is 26.6 Å². The van der Waals surface area contributed by atoms with Gasteiger partial charge in [-0.05, 0) is 0 Å². The van der Waals surface area contributed by atoms with Crippen LogP contribution < -0.4 is 0 Å². The average molecular weight is 452 g/mol. The van der Waals surface area contributed by atoms with Crippen molar-refractivity contribution in [2.45, 2.75) is 18.3 Å². The fraction of sp³-hybridized carbons (Fsp3) is 0.600. The van der Waals surface area contributed by atoms with Crippen LogP contribution in [0.2, 0.25) is 0 Å². The molecule has 2 atom stereocenters. The second kappa shape index (κ2) is 6.87. The standard InChI is InChI=1S/C5H2F6O4.Bi.3H/c6-1(3(12)14-10)2(7)5(8,9)4(13)15-11;;;;/h1-2H;;;;. The van der Waals surface area contributed by atoms with Crippen molar-refractivity contribution in [3.63, 3.8) is 0 Å². The summed E-state index contributed by atoms with van der Waals surface area (Å²) in [7, 11) is 0. The van der Waals surface area contributed by atoms with E-state index in [9.17, 15) is 36.2 Å². The summed E-state index contributed by atoms with van der Waals surface area (Å²) >= 11 is 0. The van der Waals surface area contributed by atoms with Gasteiger partial charge in [-0.3, -0.25) is 4.94 Å². The van der Waals surface area contributed by atoms with Crippen molar-refractivity contribution in [1.29, 1.82) is 0 Å². The van der Waals surface area contributed by atoms with Crippen LogP contribution in [0.1, 0.15) is 0 Å². The maximum absolute atomic E-state index is 12.4. The van der Waals surface area contributed by atoms with Crippen molar-refractivity contribution in [2.24, 2.45) is 0 Å². The molecule has 96 valence electrons. The molecule has 0 aliphatic rings. The van der Waals surface area contributed by atoms with Crippen molar-refractivity contribution in [2.75, 3.05) is 0 Å². The number of hydrogen-bond donors (Lipinski definition) is 0. The normalized spacial score (nSPS) is 14.4. The summed E-state index contributed by atoms with van der Waals surface area (Å²) in [5.41, 5.74) is 0. The molecule has 0 aromatic rings. The van der Waals surface area contributed by atoms with E-state index in [4.69, 9.17) is 0 Å². The van der Waals surface area contributed by atoms with Gasteiger partial charge in [-0.1, -0.05) is 0 Å². The first-order valence-electron chi connectivity index (χ1n) is 3.10. The van der Waals surface area contributed by atoms with Gasteiger partial charge in [0.25, 0.3) is 0 Å². The Morgan fingerprint density at radius 2 is 1.50 bits per heavy atom. The van der Waals surface area contributed by atoms with Crippen LogP contribution in [-0.4, -0.2) is 56.4 Å². The van der Waals surface area contributed by atoms with Gasteiger partial charge in [0.15, 0.2) is 0 Å². The molecule has 0 rings (SSSR count). The van der Waals surface area contributed by atoms with Crippen molar-refractivity contribution in [3.05, 3.63) is 0 Å². The Labute approximate surface area is 103 Å². The number of rotatable bonds is 4. The molecule has 0 aliphatic heterocycles. The van der Waals surface area contributed by atoms with E-state index in [1.165, 1.54) is 0 Å². The molecule has 0 saturated heterocycles. The van der Waals surface area contributed by atoms with E-state index >= 15 is 0 Å². The molecule has 0 heterocycles. The molecule has 0 fully saturated rings. The number of halogens is 6. The van der Waals surface area contributed by atoms with Gasteiger partial charge in [-0.2, -0.15) is 8.78 Å². The minimum atomic E-state index is -5.28. The van der Waals surface area contributed by atoms with Crippen LogP contribution >= 0.6 is 0 Å². The molecular weight excluding hydrogens is 447 g/mol. The van der Waals surface area contributed by atoms with Gasteiger partial charge in [0.1, 0.15) is 0 Å². The van der Waals surface area contributed by atoms with Crippen molar-refractivity contribution >= 4 is 38.1 Å². The first-order valence-corrected chi connectivity index (χ1v) is 3.10. The maximum atomic E-state index is 12.4. The van der Waals surface area contributed by atoms with Gasteiger partial charge in [0, 0.05) is 9.05 Å². The molecule has 4 nitrogen and oxygen atoms in total. The van der Waals surface area contributed by atoms with Crippen LogP contribution in [-0.2, 0) is 19.5 Å². The average Bonchev–Trinajstić information content (AvgIpc) is 2.24. The van der Waals surface area contributed by atoms with E-state index in [0.717, 1.165) is 0 Å². The predicted octanol–water partition coefficient (Wildman–Crippen LogP) is -0.0306. The molecular formula is C5H5BiF6O4. The number of carbonyl (C=O) groups is 2. The SMILES string of the molecule is O=C(OF)C(F)C(F)C(F)(F)C(=O)OF.[BiH3]. The molecule has 0 radical (unpaired) electrons. The topological polar surface area (TPSA) is 52.6 Å². The Morgan fingerprint density at radius 3 is 1.81 bits per heavy atom. The van der Waals surface area contributed by atoms with Gasteiger partial charge < -0.3 is 0 Å². The summed E-state index contributed by atoms with van der Waals surface area (Å²) in [6.07, 6.45) is -7.91. The van der Waals surface area contributed by atoms with Gasteiger partial charge in [0.2, 0.25) is 12.3 Å². The number of alkyl halides is 4. The molecule has 0 amide bonds. The Balaban J connectivity index is 0. The molecule has 2 unspecified atom stereocenters. The Hall–Kier alpha value is -0.597. The molecule has 0 aliphatic carbocycles. The van der Waals surface area contributed by atoms with E-state index in [0.29, 0.717) is 0 Å². The van der Waals surface area contributed by atoms with Crippen LogP contribution in [0.3, 0.4) is 0 Å². The molecule has 0 bridgehead atoms. The number of hydrogen-bond acceptors (Lipinski definition) is 4. The third-order valence-electron chi connectivity index (χ3n) is 1.25. The molecule has 0 spiro atoms. The summed E-state index contributed by atoms with van der Waals surface area (Å²) in [5.74, 6) is -10.9. The molecule has 0 N–H and O–H groups in total. The minimum absolute atomic E-state index is 0. The summed E-state index contributed by atoms with van der Waals surface area (Å²) in [4.78, 5) is 23.9. The van der Waals surface area contributed by atoms with Gasteiger partial charge in [-0.15, -0.1) is 0 Å². The van der Waals surface area contributed by atoms with Gasteiger partial charge in [-0.25, -0.2) is 23.3 Å². The summed E-state index contributed by atoms with van der Waals surface area (Å²) in [6, 6.07) is 0. The predicted molar refractivity (Wildman–Crippen MR) is 39.1 cm³/mol. The zero-order valence-electron chi connectivity index (χ0n) is 7.26. The van der Waals surface area contributed by atoms with E-state index in [2.05, 4.69) is 4.94 Å². The second-order valence-electron chi connectivity index (χ2n) is 2.19. The van der Waals surface area contributed by atoms with Gasteiger partial charge in [0.05, 0.1) is 0 Å². The molecule has 0 aromatic heterocycles. The van der Waals surface area contributed by atoms with Crippen LogP contribution in [0.15, 0.2) is 0 Å². The molecule has 0 saturated carbocycles. The van der Waals surface area contributed by atoms with Crippen LogP contribution in [0.25, 0.3) is 0 Å². The third kappa shape index (κ3) is 3.76. The fourth-order valence-electron chi connectivity index (χ4n) is 0.510. The Kier molecular flexibility index (Phi) is 7.64. The summed E-state index contributed by atoms with van der Waals surface area (Å²) in [6.45, 7) is 0. The number of carbonyl (C=O) groups excluding carboxylic acids is 2. The monoisotopic (exact) mass is 452 g/mol. The second-order valence-corrected chi connectivity index (χ2v) is 2.19. The van der Waals surface area contributed by atoms with E-state index in [-0.39, 0.29) is 26.2 Å². The zero-order chi connectivity index (χ0) is 12.2. The molecule has 11 heteroatoms. The van der Waals surface area contributed by atoms with Crippen molar-refractivity contribution in [1.82, 2.24) is 0 Å². The third-order valence-corrected chi connectivity index (χ3v) is 1.25. The van der Waals surface area contributed by atoms with E-state index < -0.39 is 30.2 Å². The fourth-order valence-corrected chi connectivity index (χ4v) is 0.510. The molecule has 0 aromatic carbocycles. The van der Waals surface area contributed by atoms with Crippen LogP contribution in [0, 0.1) is 0 Å². The van der Waals surface area contributed by atoms with Crippen LogP contribution in [0.5, 0.6) is 0 Å². The van der Waals surface area contributed by atoms with Crippen molar-refractivity contribution < 1.29 is 46.1 Å². The first-order chi connectivity index (χ1) is 6.78. The Morgan fingerprint density at radius 1 is 1.06 bits per heavy atom.